The van der Waals surface area contributed by atoms with Crippen molar-refractivity contribution in [3.05, 3.63) is 114 Å². The van der Waals surface area contributed by atoms with E-state index in [4.69, 9.17) is 14.6 Å². The molecule has 9 nitrogen and oxygen atoms in total. The van der Waals surface area contributed by atoms with E-state index in [2.05, 4.69) is 33.5 Å². The molecule has 1 saturated heterocycles. The van der Waals surface area contributed by atoms with Gasteiger partial charge in [-0.3, -0.25) is 9.59 Å². The predicted octanol–water partition coefficient (Wildman–Crippen LogP) is 6.62. The first-order valence-corrected chi connectivity index (χ1v) is 16.5. The number of benzene rings is 3. The second kappa shape index (κ2) is 17.0. The summed E-state index contributed by atoms with van der Waals surface area (Å²) in [5.41, 5.74) is 5.88. The molecule has 3 aromatic carbocycles. The number of nitrogens with one attached hydrogen (secondary N) is 1. The Morgan fingerprint density at radius 1 is 0.826 bits per heavy atom. The van der Waals surface area contributed by atoms with Crippen LogP contribution >= 0.6 is 11.8 Å². The van der Waals surface area contributed by atoms with Crippen LogP contribution in [0.1, 0.15) is 73.2 Å². The number of aliphatic carboxylic acids is 1. The van der Waals surface area contributed by atoms with Crippen LogP contribution in [0, 0.1) is 0 Å². The number of thioether (sulfide) groups is 1. The quantitative estimate of drug-likeness (QED) is 0.0744. The Balaban J connectivity index is 1.21. The summed E-state index contributed by atoms with van der Waals surface area (Å²) in [6.07, 6.45) is 5.85. The zero-order chi connectivity index (χ0) is 32.1. The van der Waals surface area contributed by atoms with E-state index in [0.717, 1.165) is 39.8 Å². The van der Waals surface area contributed by atoms with Gasteiger partial charge in [0.05, 0.1) is 18.8 Å². The Hall–Kier alpha value is -4.09. The van der Waals surface area contributed by atoms with Gasteiger partial charge in [0.1, 0.15) is 0 Å². The van der Waals surface area contributed by atoms with Crippen molar-refractivity contribution >= 4 is 23.6 Å². The van der Waals surface area contributed by atoms with Crippen LogP contribution in [0.2, 0.25) is 0 Å². The number of aliphatic hydroxyl groups is 1. The molecule has 1 aromatic heterocycles. The van der Waals surface area contributed by atoms with E-state index in [1.54, 1.807) is 30.2 Å². The van der Waals surface area contributed by atoms with Gasteiger partial charge in [0, 0.05) is 49.5 Å². The van der Waals surface area contributed by atoms with Crippen LogP contribution in [0.4, 0.5) is 0 Å². The number of aliphatic hydroxyl groups excluding tert-OH is 1. The van der Waals surface area contributed by atoms with Gasteiger partial charge < -0.3 is 25.0 Å². The van der Waals surface area contributed by atoms with Gasteiger partial charge in [0.2, 0.25) is 5.91 Å². The highest BCUT2D eigenvalue weighted by Gasteiger charge is 2.32. The number of carbonyl (C=O) groups excluding carboxylic acids is 1. The number of carboxylic acid groups (broad SMARTS) is 1. The van der Waals surface area contributed by atoms with Crippen LogP contribution in [0.25, 0.3) is 11.1 Å². The molecule has 1 aliphatic rings. The fourth-order valence-electron chi connectivity index (χ4n) is 5.27. The molecule has 1 fully saturated rings. The summed E-state index contributed by atoms with van der Waals surface area (Å²) < 4.78 is 13.0. The molecule has 240 valence electrons. The average molecular weight is 642 g/mol. The lowest BCUT2D eigenvalue weighted by Crippen LogP contribution is -2.31. The molecule has 3 atom stereocenters. The molecule has 1 aliphatic heterocycles. The molecule has 0 unspecified atom stereocenters. The molecule has 10 heteroatoms. The van der Waals surface area contributed by atoms with Crippen LogP contribution in [0.3, 0.4) is 0 Å². The van der Waals surface area contributed by atoms with Crippen LogP contribution < -0.4 is 5.32 Å². The number of ether oxygens (including phenoxy) is 2. The molecule has 0 bridgehead atoms. The maximum absolute atomic E-state index is 12.3. The van der Waals surface area contributed by atoms with Crippen molar-refractivity contribution in [1.29, 1.82) is 0 Å². The summed E-state index contributed by atoms with van der Waals surface area (Å²) in [4.78, 5) is 31.6. The van der Waals surface area contributed by atoms with E-state index in [1.165, 1.54) is 0 Å². The second-order valence-corrected chi connectivity index (χ2v) is 12.2. The van der Waals surface area contributed by atoms with Crippen molar-refractivity contribution in [3.8, 4) is 11.1 Å². The van der Waals surface area contributed by atoms with E-state index in [-0.39, 0.29) is 31.1 Å². The number of nitrogens with zero attached hydrogens (tertiary/aromatic N) is 2. The Kier molecular flexibility index (Phi) is 12.3. The molecule has 0 radical (unpaired) electrons. The van der Waals surface area contributed by atoms with Gasteiger partial charge in [-0.05, 0) is 52.8 Å². The summed E-state index contributed by atoms with van der Waals surface area (Å²) in [7, 11) is 0. The molecule has 1 amide bonds. The molecule has 0 aliphatic carbocycles. The SMILES string of the molecule is O=C(O)CCCCCC(=O)NCc1cccc(-c2ccc([C@H]3O[C@@H](CSc4ncccn4)C[C@@H](c4ccc(CO)cc4)O3)cc2)c1. The fourth-order valence-corrected chi connectivity index (χ4v) is 6.09. The predicted molar refractivity (Wildman–Crippen MR) is 176 cm³/mol. The van der Waals surface area contributed by atoms with Crippen LogP contribution in [0.15, 0.2) is 96.4 Å². The first-order valence-electron chi connectivity index (χ1n) is 15.5. The smallest absolute Gasteiger partial charge is 0.303 e. The molecule has 5 rings (SSSR count). The van der Waals surface area contributed by atoms with E-state index in [1.807, 2.05) is 54.6 Å². The standard InChI is InChI=1S/C36H39N3O6S/c40-23-25-10-12-28(13-11-25)32-21-31(24-46-36-37-18-5-19-38-36)44-35(45-32)29-16-14-27(15-17-29)30-7-4-6-26(20-30)22-39-33(41)8-2-1-3-9-34(42)43/h4-7,10-20,31-32,35,40H,1-3,8-9,21-24H2,(H,39,41)(H,42,43)/t31-,32+,35+/m1/s1. The van der Waals surface area contributed by atoms with Crippen LogP contribution in [0.5, 0.6) is 0 Å². The van der Waals surface area contributed by atoms with Gasteiger partial charge in [-0.25, -0.2) is 9.97 Å². The summed E-state index contributed by atoms with van der Waals surface area (Å²) >= 11 is 1.56. The number of amides is 1. The first kappa shape index (κ1) is 33.3. The maximum Gasteiger partial charge on any atom is 0.303 e. The molecule has 0 saturated carbocycles. The molecule has 2 heterocycles. The maximum atomic E-state index is 12.3. The number of rotatable bonds is 15. The van der Waals surface area contributed by atoms with E-state index in [9.17, 15) is 14.7 Å². The first-order chi connectivity index (χ1) is 22.5. The third-order valence-corrected chi connectivity index (χ3v) is 8.79. The lowest BCUT2D eigenvalue weighted by molar-refractivity contribution is -0.245. The second-order valence-electron chi connectivity index (χ2n) is 11.2. The number of hydrogen-bond donors (Lipinski definition) is 3. The van der Waals surface area contributed by atoms with Gasteiger partial charge in [0.15, 0.2) is 11.4 Å². The number of carboxylic acids is 1. The lowest BCUT2D eigenvalue weighted by atomic mass is 9.99. The van der Waals surface area contributed by atoms with Crippen molar-refractivity contribution in [2.24, 2.45) is 0 Å². The highest BCUT2D eigenvalue weighted by Crippen LogP contribution is 2.39. The minimum atomic E-state index is -0.803. The number of aromatic nitrogens is 2. The van der Waals surface area contributed by atoms with E-state index in [0.29, 0.717) is 43.1 Å². The monoisotopic (exact) mass is 641 g/mol. The molecule has 46 heavy (non-hydrogen) atoms. The number of carbonyl (C=O) groups is 2. The van der Waals surface area contributed by atoms with Crippen LogP contribution in [-0.2, 0) is 32.2 Å². The minimum Gasteiger partial charge on any atom is -0.481 e. The highest BCUT2D eigenvalue weighted by molar-refractivity contribution is 7.99. The fraction of sp³-hybridized carbons (Fsp3) is 0.333. The van der Waals surface area contributed by atoms with Gasteiger partial charge in [-0.15, -0.1) is 0 Å². The van der Waals surface area contributed by atoms with Crippen molar-refractivity contribution in [2.75, 3.05) is 5.75 Å². The topological polar surface area (TPSA) is 131 Å². The average Bonchev–Trinajstić information content (AvgIpc) is 3.10. The van der Waals surface area contributed by atoms with Gasteiger partial charge >= 0.3 is 5.97 Å². The molecule has 0 spiro atoms. The Morgan fingerprint density at radius 2 is 1.57 bits per heavy atom. The van der Waals surface area contributed by atoms with E-state index >= 15 is 0 Å². The lowest BCUT2D eigenvalue weighted by Gasteiger charge is -2.36. The number of hydrogen-bond acceptors (Lipinski definition) is 8. The van der Waals surface area contributed by atoms with Crippen molar-refractivity contribution in [2.45, 2.75) is 75.3 Å². The summed E-state index contributed by atoms with van der Waals surface area (Å²) in [6.45, 7) is 0.424. The minimum absolute atomic E-state index is 0.00461. The third-order valence-electron chi connectivity index (χ3n) is 7.78. The zero-order valence-electron chi connectivity index (χ0n) is 25.6. The van der Waals surface area contributed by atoms with E-state index < -0.39 is 12.3 Å². The summed E-state index contributed by atoms with van der Waals surface area (Å²) in [5.74, 6) is -0.155. The normalized spacial score (nSPS) is 17.8. The Morgan fingerprint density at radius 3 is 2.30 bits per heavy atom. The third kappa shape index (κ3) is 9.95. The van der Waals surface area contributed by atoms with Gasteiger partial charge in [0.25, 0.3) is 0 Å². The van der Waals surface area contributed by atoms with Crippen molar-refractivity contribution < 1.29 is 29.3 Å². The molecular weight excluding hydrogens is 602 g/mol. The molecule has 4 aromatic rings. The van der Waals surface area contributed by atoms with Crippen LogP contribution in [-0.4, -0.2) is 43.9 Å². The largest absolute Gasteiger partial charge is 0.481 e. The van der Waals surface area contributed by atoms with Gasteiger partial charge in [-0.1, -0.05) is 84.9 Å². The zero-order valence-corrected chi connectivity index (χ0v) is 26.4. The summed E-state index contributed by atoms with van der Waals surface area (Å²) in [5, 5.41) is 21.9. The van der Waals surface area contributed by atoms with Crippen molar-refractivity contribution in [3.63, 3.8) is 0 Å². The molecular formula is C36H39N3O6S. The molecule has 3 N–H and O–H groups in total. The highest BCUT2D eigenvalue weighted by atomic mass is 32.2. The Bertz CT molecular complexity index is 1550. The van der Waals surface area contributed by atoms with Gasteiger partial charge in [-0.2, -0.15) is 0 Å². The Labute approximate surface area is 273 Å². The summed E-state index contributed by atoms with van der Waals surface area (Å²) in [6, 6.07) is 25.9. The number of unbranched alkanes of at least 4 members (excludes halogenated alkanes) is 2. The van der Waals surface area contributed by atoms with Crippen molar-refractivity contribution in [1.82, 2.24) is 15.3 Å².